The standard InChI is InChI=1S/C31H29F2N5O2/c32-26-11-7-23(8-12-26)21-38(31(40)25-9-13-27(33)14-10-25)22-30(39)37-18-4-17-36(19-20-37)29-16-15-28(34-35-29)24-5-2-1-3-6-24/h1-3,5-16H,4,17-22H2. The van der Waals surface area contributed by atoms with Crippen LogP contribution in [0.4, 0.5) is 14.6 Å². The van der Waals surface area contributed by atoms with E-state index in [1.807, 2.05) is 42.5 Å². The molecule has 2 amide bonds. The maximum absolute atomic E-state index is 13.4. The van der Waals surface area contributed by atoms with Gasteiger partial charge in [0.1, 0.15) is 18.2 Å². The van der Waals surface area contributed by atoms with Crippen LogP contribution in [0.15, 0.2) is 91.0 Å². The van der Waals surface area contributed by atoms with Crippen molar-refractivity contribution in [3.63, 3.8) is 0 Å². The molecule has 1 saturated heterocycles. The first-order valence-electron chi connectivity index (χ1n) is 13.2. The van der Waals surface area contributed by atoms with Gasteiger partial charge in [-0.1, -0.05) is 42.5 Å². The Morgan fingerprint density at radius 2 is 1.45 bits per heavy atom. The lowest BCUT2D eigenvalue weighted by atomic mass is 10.1. The van der Waals surface area contributed by atoms with Crippen LogP contribution in [0.5, 0.6) is 0 Å². The maximum atomic E-state index is 13.4. The smallest absolute Gasteiger partial charge is 0.254 e. The number of carbonyl (C=O) groups excluding carboxylic acids is 2. The third kappa shape index (κ3) is 6.66. The number of hydrogen-bond acceptors (Lipinski definition) is 5. The first kappa shape index (κ1) is 26.9. The second-order valence-electron chi connectivity index (χ2n) is 9.66. The van der Waals surface area contributed by atoms with Crippen molar-refractivity contribution in [2.45, 2.75) is 13.0 Å². The fourth-order valence-corrected chi connectivity index (χ4v) is 4.70. The molecular weight excluding hydrogens is 512 g/mol. The molecule has 1 aliphatic heterocycles. The second-order valence-corrected chi connectivity index (χ2v) is 9.66. The molecule has 1 aromatic heterocycles. The van der Waals surface area contributed by atoms with Gasteiger partial charge in [0, 0.05) is 43.9 Å². The van der Waals surface area contributed by atoms with Crippen LogP contribution >= 0.6 is 0 Å². The van der Waals surface area contributed by atoms with E-state index in [0.717, 1.165) is 30.0 Å². The van der Waals surface area contributed by atoms with Gasteiger partial charge in [0.2, 0.25) is 5.91 Å². The summed E-state index contributed by atoms with van der Waals surface area (Å²) >= 11 is 0. The summed E-state index contributed by atoms with van der Waals surface area (Å²) in [6.07, 6.45) is 0.734. The molecule has 0 atom stereocenters. The number of carbonyl (C=O) groups is 2. The summed E-state index contributed by atoms with van der Waals surface area (Å²) in [7, 11) is 0. The van der Waals surface area contributed by atoms with Gasteiger partial charge in [-0.3, -0.25) is 9.59 Å². The fraction of sp³-hybridized carbons (Fsp3) is 0.226. The van der Waals surface area contributed by atoms with E-state index in [0.29, 0.717) is 25.2 Å². The van der Waals surface area contributed by atoms with Crippen molar-refractivity contribution in [1.82, 2.24) is 20.0 Å². The molecule has 1 fully saturated rings. The highest BCUT2D eigenvalue weighted by Gasteiger charge is 2.25. The highest BCUT2D eigenvalue weighted by atomic mass is 19.1. The fourth-order valence-electron chi connectivity index (χ4n) is 4.70. The van der Waals surface area contributed by atoms with Crippen LogP contribution in [-0.2, 0) is 11.3 Å². The third-order valence-electron chi connectivity index (χ3n) is 6.88. The van der Waals surface area contributed by atoms with E-state index in [1.54, 1.807) is 17.0 Å². The lowest BCUT2D eigenvalue weighted by Crippen LogP contribution is -2.44. The lowest BCUT2D eigenvalue weighted by molar-refractivity contribution is -0.131. The first-order chi connectivity index (χ1) is 19.5. The number of aromatic nitrogens is 2. The summed E-state index contributed by atoms with van der Waals surface area (Å²) in [5.41, 5.74) is 2.75. The maximum Gasteiger partial charge on any atom is 0.254 e. The molecule has 204 valence electrons. The highest BCUT2D eigenvalue weighted by Crippen LogP contribution is 2.20. The largest absolute Gasteiger partial charge is 0.353 e. The molecule has 0 spiro atoms. The van der Waals surface area contributed by atoms with Gasteiger partial charge in [0.15, 0.2) is 5.82 Å². The predicted molar refractivity (Wildman–Crippen MR) is 148 cm³/mol. The minimum atomic E-state index is -0.453. The van der Waals surface area contributed by atoms with Gasteiger partial charge in [-0.25, -0.2) is 8.78 Å². The van der Waals surface area contributed by atoms with E-state index >= 15 is 0 Å². The Bertz CT molecular complexity index is 1430. The average Bonchev–Trinajstić information content (AvgIpc) is 3.25. The van der Waals surface area contributed by atoms with Crippen molar-refractivity contribution in [2.75, 3.05) is 37.6 Å². The van der Waals surface area contributed by atoms with Crippen LogP contribution in [0.25, 0.3) is 11.3 Å². The van der Waals surface area contributed by atoms with Crippen LogP contribution in [0.2, 0.25) is 0 Å². The van der Waals surface area contributed by atoms with Crippen molar-refractivity contribution in [2.24, 2.45) is 0 Å². The molecule has 5 rings (SSSR count). The molecule has 2 heterocycles. The number of hydrogen-bond donors (Lipinski definition) is 0. The lowest BCUT2D eigenvalue weighted by Gasteiger charge is -2.27. The van der Waals surface area contributed by atoms with Gasteiger partial charge in [-0.05, 0) is 60.5 Å². The van der Waals surface area contributed by atoms with Crippen molar-refractivity contribution in [3.8, 4) is 11.3 Å². The van der Waals surface area contributed by atoms with Crippen molar-refractivity contribution >= 4 is 17.6 Å². The Morgan fingerprint density at radius 3 is 2.12 bits per heavy atom. The molecule has 0 aliphatic carbocycles. The molecule has 0 bridgehead atoms. The SMILES string of the molecule is O=C(CN(Cc1ccc(F)cc1)C(=O)c1ccc(F)cc1)N1CCCN(c2ccc(-c3ccccc3)nn2)CC1. The van der Waals surface area contributed by atoms with Gasteiger partial charge in [0.05, 0.1) is 5.69 Å². The third-order valence-corrected chi connectivity index (χ3v) is 6.88. The molecule has 40 heavy (non-hydrogen) atoms. The minimum Gasteiger partial charge on any atom is -0.353 e. The molecule has 4 aromatic rings. The molecule has 3 aromatic carbocycles. The minimum absolute atomic E-state index is 0.117. The molecule has 0 N–H and O–H groups in total. The summed E-state index contributed by atoms with van der Waals surface area (Å²) in [6.45, 7) is 2.27. The summed E-state index contributed by atoms with van der Waals surface area (Å²) in [6, 6.07) is 24.7. The molecular formula is C31H29F2N5O2. The van der Waals surface area contributed by atoms with Crippen LogP contribution in [-0.4, -0.2) is 64.5 Å². The predicted octanol–water partition coefficient (Wildman–Crippen LogP) is 4.80. The zero-order valence-corrected chi connectivity index (χ0v) is 21.9. The monoisotopic (exact) mass is 541 g/mol. The second kappa shape index (κ2) is 12.5. The van der Waals surface area contributed by atoms with Crippen LogP contribution < -0.4 is 4.90 Å². The highest BCUT2D eigenvalue weighted by molar-refractivity contribution is 5.96. The summed E-state index contributed by atoms with van der Waals surface area (Å²) in [5.74, 6) is -0.678. The number of benzene rings is 3. The van der Waals surface area contributed by atoms with Gasteiger partial charge in [-0.2, -0.15) is 0 Å². The zero-order valence-electron chi connectivity index (χ0n) is 21.9. The van der Waals surface area contributed by atoms with Crippen molar-refractivity contribution < 1.29 is 18.4 Å². The molecule has 0 radical (unpaired) electrons. The Morgan fingerprint density at radius 1 is 0.750 bits per heavy atom. The van der Waals surface area contributed by atoms with Crippen molar-refractivity contribution in [3.05, 3.63) is 114 Å². The topological polar surface area (TPSA) is 69.6 Å². The molecule has 1 aliphatic rings. The van der Waals surface area contributed by atoms with E-state index in [2.05, 4.69) is 15.1 Å². The zero-order chi connectivity index (χ0) is 27.9. The number of nitrogens with zero attached hydrogens (tertiary/aromatic N) is 5. The van der Waals surface area contributed by atoms with Crippen molar-refractivity contribution in [1.29, 1.82) is 0 Å². The van der Waals surface area contributed by atoms with E-state index in [4.69, 9.17) is 0 Å². The van der Waals surface area contributed by atoms with E-state index < -0.39 is 11.7 Å². The molecule has 0 unspecified atom stereocenters. The van der Waals surface area contributed by atoms with E-state index in [9.17, 15) is 18.4 Å². The van der Waals surface area contributed by atoms with Crippen LogP contribution in [0.3, 0.4) is 0 Å². The molecule has 7 nitrogen and oxygen atoms in total. The Labute approximate surface area is 231 Å². The average molecular weight is 542 g/mol. The molecule has 0 saturated carbocycles. The van der Waals surface area contributed by atoms with Gasteiger partial charge in [0.25, 0.3) is 5.91 Å². The van der Waals surface area contributed by atoms with Gasteiger partial charge >= 0.3 is 0 Å². The number of anilines is 1. The summed E-state index contributed by atoms with van der Waals surface area (Å²) in [5, 5.41) is 8.80. The Hall–Kier alpha value is -4.66. The van der Waals surface area contributed by atoms with Crippen LogP contribution in [0, 0.1) is 11.6 Å². The number of rotatable bonds is 7. The van der Waals surface area contributed by atoms with Crippen LogP contribution in [0.1, 0.15) is 22.3 Å². The summed E-state index contributed by atoms with van der Waals surface area (Å²) in [4.78, 5) is 32.0. The quantitative estimate of drug-likeness (QED) is 0.336. The van der Waals surface area contributed by atoms with E-state index in [-0.39, 0.29) is 30.4 Å². The van der Waals surface area contributed by atoms with Gasteiger partial charge < -0.3 is 14.7 Å². The first-order valence-corrected chi connectivity index (χ1v) is 13.2. The normalized spacial score (nSPS) is 13.6. The summed E-state index contributed by atoms with van der Waals surface area (Å²) < 4.78 is 26.9. The number of halogens is 2. The molecule has 9 heteroatoms. The van der Waals surface area contributed by atoms with E-state index in [1.165, 1.54) is 41.3 Å². The van der Waals surface area contributed by atoms with Gasteiger partial charge in [-0.15, -0.1) is 10.2 Å². The number of amides is 2. The Kier molecular flexibility index (Phi) is 8.39. The Balaban J connectivity index is 1.25.